The standard InChI is InChI=1S/C28H34N2O7/c1-28(2,3)37-27(34)30-22(24(31)23(25(30)32)20-13-15-21(35-4)16-14-20)12-8-9-17-29-26(33)36-18-19-10-6-5-7-11-19/h5-7,10-11,13-16,22,31H,8-9,12,17-18H2,1-4H3,(H,29,33)/t22-/m0/s1. The lowest BCUT2D eigenvalue weighted by molar-refractivity contribution is -0.124. The van der Waals surface area contributed by atoms with E-state index in [1.807, 2.05) is 30.3 Å². The van der Waals surface area contributed by atoms with Crippen LogP contribution in [0.1, 0.15) is 51.2 Å². The quantitative estimate of drug-likeness (QED) is 0.445. The number of nitrogens with one attached hydrogen (secondary N) is 1. The molecule has 2 aromatic carbocycles. The molecule has 0 fully saturated rings. The van der Waals surface area contributed by atoms with E-state index in [-0.39, 0.29) is 17.9 Å². The number of methoxy groups -OCH3 is 1. The second-order valence-corrected chi connectivity index (χ2v) is 9.64. The van der Waals surface area contributed by atoms with Gasteiger partial charge in [-0.15, -0.1) is 0 Å². The maximum absolute atomic E-state index is 13.3. The van der Waals surface area contributed by atoms with E-state index in [2.05, 4.69) is 5.32 Å². The van der Waals surface area contributed by atoms with Crippen LogP contribution in [0.3, 0.4) is 0 Å². The van der Waals surface area contributed by atoms with Crippen LogP contribution in [0.2, 0.25) is 0 Å². The first-order chi connectivity index (χ1) is 17.6. The highest BCUT2D eigenvalue weighted by Crippen LogP contribution is 2.35. The van der Waals surface area contributed by atoms with Gasteiger partial charge in [-0.3, -0.25) is 4.79 Å². The minimum absolute atomic E-state index is 0.0566. The number of aliphatic hydroxyl groups excluding tert-OH is 1. The lowest BCUT2D eigenvalue weighted by Crippen LogP contribution is -2.44. The summed E-state index contributed by atoms with van der Waals surface area (Å²) < 4.78 is 15.8. The molecule has 1 heterocycles. The van der Waals surface area contributed by atoms with Crippen LogP contribution >= 0.6 is 0 Å². The summed E-state index contributed by atoms with van der Waals surface area (Å²) in [5.74, 6) is -0.203. The first kappa shape index (κ1) is 27.6. The molecule has 3 amide bonds. The third-order valence-corrected chi connectivity index (χ3v) is 5.67. The van der Waals surface area contributed by atoms with Crippen molar-refractivity contribution >= 4 is 23.7 Å². The number of hydrogen-bond donors (Lipinski definition) is 2. The highest BCUT2D eigenvalue weighted by atomic mass is 16.6. The summed E-state index contributed by atoms with van der Waals surface area (Å²) in [7, 11) is 1.53. The smallest absolute Gasteiger partial charge is 0.418 e. The van der Waals surface area contributed by atoms with Crippen molar-refractivity contribution in [1.29, 1.82) is 0 Å². The van der Waals surface area contributed by atoms with Gasteiger partial charge in [0.1, 0.15) is 29.8 Å². The number of nitrogens with zero attached hydrogens (tertiary/aromatic N) is 1. The van der Waals surface area contributed by atoms with E-state index in [1.165, 1.54) is 7.11 Å². The first-order valence-electron chi connectivity index (χ1n) is 12.2. The fourth-order valence-electron chi connectivity index (χ4n) is 3.90. The molecule has 1 atom stereocenters. The average Bonchev–Trinajstić information content (AvgIpc) is 3.11. The van der Waals surface area contributed by atoms with Crippen molar-refractivity contribution in [3.05, 3.63) is 71.5 Å². The summed E-state index contributed by atoms with van der Waals surface area (Å²) in [5, 5.41) is 13.7. The molecule has 2 N–H and O–H groups in total. The molecule has 0 saturated heterocycles. The van der Waals surface area contributed by atoms with Crippen molar-refractivity contribution in [2.75, 3.05) is 13.7 Å². The molecule has 9 heteroatoms. The Balaban J connectivity index is 1.62. The molecule has 0 unspecified atom stereocenters. The second kappa shape index (κ2) is 12.3. The molecule has 0 aliphatic carbocycles. The van der Waals surface area contributed by atoms with Crippen molar-refractivity contribution in [1.82, 2.24) is 10.2 Å². The van der Waals surface area contributed by atoms with E-state index in [9.17, 15) is 19.5 Å². The van der Waals surface area contributed by atoms with Gasteiger partial charge in [0.25, 0.3) is 5.91 Å². The predicted molar refractivity (Wildman–Crippen MR) is 138 cm³/mol. The maximum atomic E-state index is 13.3. The fraction of sp³-hybridized carbons (Fsp3) is 0.393. The topological polar surface area (TPSA) is 114 Å². The zero-order valence-electron chi connectivity index (χ0n) is 21.7. The number of aliphatic hydroxyl groups is 1. The van der Waals surface area contributed by atoms with E-state index < -0.39 is 29.7 Å². The number of carbonyl (C=O) groups is 3. The van der Waals surface area contributed by atoms with Crippen LogP contribution < -0.4 is 10.1 Å². The fourth-order valence-corrected chi connectivity index (χ4v) is 3.90. The normalized spacial score (nSPS) is 15.5. The van der Waals surface area contributed by atoms with Gasteiger partial charge in [-0.2, -0.15) is 0 Å². The Labute approximate surface area is 217 Å². The van der Waals surface area contributed by atoms with E-state index in [0.29, 0.717) is 37.1 Å². The highest BCUT2D eigenvalue weighted by molar-refractivity contribution is 6.26. The van der Waals surface area contributed by atoms with Crippen LogP contribution in [-0.4, -0.2) is 53.4 Å². The van der Waals surface area contributed by atoms with Crippen LogP contribution in [0.5, 0.6) is 5.75 Å². The predicted octanol–water partition coefficient (Wildman–Crippen LogP) is 5.21. The average molecular weight is 511 g/mol. The molecule has 37 heavy (non-hydrogen) atoms. The number of ether oxygens (including phenoxy) is 3. The van der Waals surface area contributed by atoms with E-state index >= 15 is 0 Å². The number of alkyl carbamates (subject to hydrolysis) is 1. The van der Waals surface area contributed by atoms with Gasteiger partial charge >= 0.3 is 12.2 Å². The minimum Gasteiger partial charge on any atom is -0.509 e. The van der Waals surface area contributed by atoms with Gasteiger partial charge in [0, 0.05) is 6.54 Å². The molecular weight excluding hydrogens is 476 g/mol. The molecule has 3 rings (SSSR count). The van der Waals surface area contributed by atoms with Gasteiger partial charge in [-0.1, -0.05) is 42.5 Å². The van der Waals surface area contributed by atoms with Gasteiger partial charge in [0.15, 0.2) is 0 Å². The second-order valence-electron chi connectivity index (χ2n) is 9.64. The monoisotopic (exact) mass is 510 g/mol. The van der Waals surface area contributed by atoms with Gasteiger partial charge in [-0.05, 0) is 63.3 Å². The van der Waals surface area contributed by atoms with E-state index in [0.717, 1.165) is 10.5 Å². The number of amides is 3. The van der Waals surface area contributed by atoms with Gasteiger partial charge < -0.3 is 24.6 Å². The van der Waals surface area contributed by atoms with Crippen LogP contribution in [0.4, 0.5) is 9.59 Å². The number of unbranched alkanes of at least 4 members (excludes halogenated alkanes) is 1. The SMILES string of the molecule is COc1ccc(C2=C(O)[C@H](CCCCNC(=O)OCc3ccccc3)N(C(=O)OC(C)(C)C)C2=O)cc1. The van der Waals surface area contributed by atoms with Gasteiger partial charge in [-0.25, -0.2) is 14.5 Å². The van der Waals surface area contributed by atoms with Crippen molar-refractivity contribution in [2.45, 2.75) is 58.3 Å². The first-order valence-corrected chi connectivity index (χ1v) is 12.2. The van der Waals surface area contributed by atoms with Crippen LogP contribution in [0.15, 0.2) is 60.4 Å². The molecule has 0 radical (unpaired) electrons. The molecule has 2 aromatic rings. The number of hydrogen-bond acceptors (Lipinski definition) is 7. The third kappa shape index (κ3) is 7.49. The minimum atomic E-state index is -0.871. The Kier molecular flexibility index (Phi) is 9.16. The summed E-state index contributed by atoms with van der Waals surface area (Å²) in [6, 6.07) is 15.2. The highest BCUT2D eigenvalue weighted by Gasteiger charge is 2.45. The molecule has 0 aromatic heterocycles. The molecule has 0 bridgehead atoms. The lowest BCUT2D eigenvalue weighted by atomic mass is 10.0. The van der Waals surface area contributed by atoms with Crippen molar-refractivity contribution in [2.24, 2.45) is 0 Å². The number of benzene rings is 2. The molecular formula is C28H34N2O7. The van der Waals surface area contributed by atoms with Gasteiger partial charge in [0.2, 0.25) is 0 Å². The summed E-state index contributed by atoms with van der Waals surface area (Å²) in [6.07, 6.45) is 0.0335. The van der Waals surface area contributed by atoms with Gasteiger partial charge in [0.05, 0.1) is 12.7 Å². The zero-order chi connectivity index (χ0) is 27.0. The van der Waals surface area contributed by atoms with Crippen molar-refractivity contribution in [3.8, 4) is 5.75 Å². The molecule has 1 aliphatic heterocycles. The molecule has 1 aliphatic rings. The number of imide groups is 1. The van der Waals surface area contributed by atoms with Crippen molar-refractivity contribution < 1.29 is 33.7 Å². The Morgan fingerprint density at radius 3 is 2.32 bits per heavy atom. The van der Waals surface area contributed by atoms with Crippen LogP contribution in [0.25, 0.3) is 5.57 Å². The summed E-state index contributed by atoms with van der Waals surface area (Å²) >= 11 is 0. The Hall–Kier alpha value is -4.01. The Bertz CT molecular complexity index is 1120. The molecule has 0 saturated carbocycles. The third-order valence-electron chi connectivity index (χ3n) is 5.67. The summed E-state index contributed by atoms with van der Waals surface area (Å²) in [5.41, 5.74) is 0.605. The van der Waals surface area contributed by atoms with Crippen molar-refractivity contribution in [3.63, 3.8) is 0 Å². The Morgan fingerprint density at radius 1 is 1.03 bits per heavy atom. The Morgan fingerprint density at radius 2 is 1.70 bits per heavy atom. The summed E-state index contributed by atoms with van der Waals surface area (Å²) in [6.45, 7) is 5.65. The zero-order valence-corrected chi connectivity index (χ0v) is 21.7. The number of carbonyl (C=O) groups excluding carboxylic acids is 3. The van der Waals surface area contributed by atoms with E-state index in [4.69, 9.17) is 14.2 Å². The van der Waals surface area contributed by atoms with Crippen LogP contribution in [-0.2, 0) is 20.9 Å². The number of rotatable bonds is 9. The lowest BCUT2D eigenvalue weighted by Gasteiger charge is -2.27. The molecule has 198 valence electrons. The molecule has 0 spiro atoms. The summed E-state index contributed by atoms with van der Waals surface area (Å²) in [4.78, 5) is 39.1. The molecule has 9 nitrogen and oxygen atoms in total. The maximum Gasteiger partial charge on any atom is 0.418 e. The van der Waals surface area contributed by atoms with Crippen LogP contribution in [0, 0.1) is 0 Å². The largest absolute Gasteiger partial charge is 0.509 e. The van der Waals surface area contributed by atoms with E-state index in [1.54, 1.807) is 45.0 Å².